The Bertz CT molecular complexity index is 826. The molecule has 1 saturated carbocycles. The van der Waals surface area contributed by atoms with Gasteiger partial charge >= 0.3 is 0 Å². The van der Waals surface area contributed by atoms with Gasteiger partial charge in [0.05, 0.1) is 6.61 Å². The lowest BCUT2D eigenvalue weighted by Gasteiger charge is -2.15. The lowest BCUT2D eigenvalue weighted by atomic mass is 10.2. The van der Waals surface area contributed by atoms with Crippen LogP contribution in [0.15, 0.2) is 29.3 Å². The van der Waals surface area contributed by atoms with Gasteiger partial charge in [0.25, 0.3) is 0 Å². The fourth-order valence-corrected chi connectivity index (χ4v) is 3.71. The highest BCUT2D eigenvalue weighted by Gasteiger charge is 2.22. The van der Waals surface area contributed by atoms with Crippen LogP contribution in [-0.2, 0) is 25.9 Å². The van der Waals surface area contributed by atoms with Gasteiger partial charge in [-0.1, -0.05) is 24.6 Å². The molecule has 0 unspecified atom stereocenters. The second kappa shape index (κ2) is 9.76. The SMILES string of the molecule is CN=C(NCCc1nnc2n1CCCCC2)NCc1ccccc1OCC1CC1. The van der Waals surface area contributed by atoms with Crippen molar-refractivity contribution in [1.82, 2.24) is 25.4 Å². The fraction of sp³-hybridized carbons (Fsp3) is 0.591. The van der Waals surface area contributed by atoms with Crippen LogP contribution in [0.2, 0.25) is 0 Å². The number of benzene rings is 1. The summed E-state index contributed by atoms with van der Waals surface area (Å²) < 4.78 is 8.31. The molecule has 7 nitrogen and oxygen atoms in total. The van der Waals surface area contributed by atoms with Crippen LogP contribution in [0, 0.1) is 5.92 Å². The summed E-state index contributed by atoms with van der Waals surface area (Å²) in [4.78, 5) is 4.35. The number of guanidine groups is 1. The Hall–Kier alpha value is -2.57. The van der Waals surface area contributed by atoms with Crippen LogP contribution in [0.3, 0.4) is 0 Å². The Morgan fingerprint density at radius 3 is 2.93 bits per heavy atom. The zero-order valence-corrected chi connectivity index (χ0v) is 17.4. The maximum atomic E-state index is 6.00. The molecule has 0 bridgehead atoms. The van der Waals surface area contributed by atoms with Crippen LogP contribution in [0.4, 0.5) is 0 Å². The van der Waals surface area contributed by atoms with Crippen molar-refractivity contribution < 1.29 is 4.74 Å². The summed E-state index contributed by atoms with van der Waals surface area (Å²) in [7, 11) is 1.80. The van der Waals surface area contributed by atoms with Gasteiger partial charge in [-0.15, -0.1) is 10.2 Å². The van der Waals surface area contributed by atoms with Gasteiger partial charge in [0, 0.05) is 45.1 Å². The maximum Gasteiger partial charge on any atom is 0.191 e. The smallest absolute Gasteiger partial charge is 0.191 e. The van der Waals surface area contributed by atoms with E-state index in [1.165, 1.54) is 32.1 Å². The maximum absolute atomic E-state index is 6.00. The lowest BCUT2D eigenvalue weighted by Crippen LogP contribution is -2.38. The van der Waals surface area contributed by atoms with Crippen LogP contribution >= 0.6 is 0 Å². The fourth-order valence-electron chi connectivity index (χ4n) is 3.71. The molecule has 0 saturated heterocycles. The quantitative estimate of drug-likeness (QED) is 0.530. The Balaban J connectivity index is 1.26. The number of aryl methyl sites for hydroxylation is 1. The predicted octanol–water partition coefficient (Wildman–Crippen LogP) is 2.70. The predicted molar refractivity (Wildman–Crippen MR) is 114 cm³/mol. The number of ether oxygens (including phenoxy) is 1. The standard InChI is InChI=1S/C22H32N6O/c1-23-22(24-13-12-21-27-26-20-9-3-2-6-14-28(20)21)25-15-18-7-4-5-8-19(18)29-16-17-10-11-17/h4-5,7-8,17H,2-3,6,9-16H2,1H3,(H2,23,24,25). The third kappa shape index (κ3) is 5.49. The van der Waals surface area contributed by atoms with Crippen LogP contribution in [0.5, 0.6) is 5.75 Å². The normalized spacial score (nSPS) is 16.8. The molecule has 0 atom stereocenters. The molecule has 156 valence electrons. The number of para-hydroxylation sites is 1. The topological polar surface area (TPSA) is 76.4 Å². The van der Waals surface area contributed by atoms with E-state index in [4.69, 9.17) is 4.74 Å². The van der Waals surface area contributed by atoms with Crippen molar-refractivity contribution in [2.45, 2.75) is 58.0 Å². The zero-order chi connectivity index (χ0) is 19.9. The van der Waals surface area contributed by atoms with Gasteiger partial charge < -0.3 is 19.9 Å². The van der Waals surface area contributed by atoms with E-state index in [1.54, 1.807) is 7.05 Å². The van der Waals surface area contributed by atoms with Crippen molar-refractivity contribution in [3.8, 4) is 5.75 Å². The highest BCUT2D eigenvalue weighted by Crippen LogP contribution is 2.30. The summed E-state index contributed by atoms with van der Waals surface area (Å²) in [6.07, 6.45) is 8.21. The van der Waals surface area contributed by atoms with Crippen molar-refractivity contribution in [2.75, 3.05) is 20.2 Å². The first-order chi connectivity index (χ1) is 14.3. The van der Waals surface area contributed by atoms with Crippen molar-refractivity contribution in [2.24, 2.45) is 10.9 Å². The third-order valence-electron chi connectivity index (χ3n) is 5.64. The molecule has 0 spiro atoms. The van der Waals surface area contributed by atoms with E-state index in [0.717, 1.165) is 67.4 Å². The first-order valence-corrected chi connectivity index (χ1v) is 10.9. The van der Waals surface area contributed by atoms with Gasteiger partial charge in [0.1, 0.15) is 17.4 Å². The van der Waals surface area contributed by atoms with Crippen LogP contribution < -0.4 is 15.4 Å². The highest BCUT2D eigenvalue weighted by atomic mass is 16.5. The molecule has 1 fully saturated rings. The van der Waals surface area contributed by atoms with E-state index in [-0.39, 0.29) is 0 Å². The van der Waals surface area contributed by atoms with E-state index in [1.807, 2.05) is 18.2 Å². The zero-order valence-electron chi connectivity index (χ0n) is 17.4. The summed E-state index contributed by atoms with van der Waals surface area (Å²) in [5.41, 5.74) is 1.15. The van der Waals surface area contributed by atoms with Gasteiger partial charge in [-0.2, -0.15) is 0 Å². The summed E-state index contributed by atoms with van der Waals surface area (Å²) >= 11 is 0. The van der Waals surface area contributed by atoms with Crippen molar-refractivity contribution in [3.63, 3.8) is 0 Å². The van der Waals surface area contributed by atoms with E-state index in [0.29, 0.717) is 6.54 Å². The number of hydrogen-bond acceptors (Lipinski definition) is 4. The third-order valence-corrected chi connectivity index (χ3v) is 5.64. The van der Waals surface area contributed by atoms with Gasteiger partial charge in [0.15, 0.2) is 5.96 Å². The Morgan fingerprint density at radius 2 is 2.07 bits per heavy atom. The van der Waals surface area contributed by atoms with Crippen LogP contribution in [-0.4, -0.2) is 40.9 Å². The molecule has 7 heteroatoms. The second-order valence-electron chi connectivity index (χ2n) is 7.96. The second-order valence-corrected chi connectivity index (χ2v) is 7.96. The van der Waals surface area contributed by atoms with Gasteiger partial charge in [-0.25, -0.2) is 0 Å². The summed E-state index contributed by atoms with van der Waals surface area (Å²) in [6, 6.07) is 8.23. The van der Waals surface area contributed by atoms with E-state index >= 15 is 0 Å². The van der Waals surface area contributed by atoms with E-state index in [9.17, 15) is 0 Å². The molecule has 1 aromatic heterocycles. The van der Waals surface area contributed by atoms with Gasteiger partial charge in [0.2, 0.25) is 0 Å². The number of rotatable bonds is 8. The molecule has 2 heterocycles. The average Bonchev–Trinajstić information content (AvgIpc) is 3.54. The molecule has 0 amide bonds. The van der Waals surface area contributed by atoms with Gasteiger partial charge in [-0.3, -0.25) is 4.99 Å². The Morgan fingerprint density at radius 1 is 1.17 bits per heavy atom. The van der Waals surface area contributed by atoms with E-state index < -0.39 is 0 Å². The minimum Gasteiger partial charge on any atom is -0.493 e. The lowest BCUT2D eigenvalue weighted by molar-refractivity contribution is 0.296. The number of nitrogens with one attached hydrogen (secondary N) is 2. The molecule has 2 aromatic rings. The van der Waals surface area contributed by atoms with Crippen molar-refractivity contribution in [3.05, 3.63) is 41.5 Å². The van der Waals surface area contributed by atoms with Crippen LogP contribution in [0.25, 0.3) is 0 Å². The first kappa shape index (κ1) is 19.7. The number of aromatic nitrogens is 3. The average molecular weight is 397 g/mol. The Labute approximate surface area is 173 Å². The molecule has 29 heavy (non-hydrogen) atoms. The summed E-state index contributed by atoms with van der Waals surface area (Å²) in [6.45, 7) is 3.33. The van der Waals surface area contributed by atoms with Gasteiger partial charge in [-0.05, 0) is 37.7 Å². The van der Waals surface area contributed by atoms with Crippen LogP contribution in [0.1, 0.15) is 49.3 Å². The first-order valence-electron chi connectivity index (χ1n) is 10.9. The number of hydrogen-bond donors (Lipinski definition) is 2. The molecular formula is C22H32N6O. The minimum absolute atomic E-state index is 0.681. The Kier molecular flexibility index (Phi) is 6.64. The molecule has 2 N–H and O–H groups in total. The number of nitrogens with zero attached hydrogens (tertiary/aromatic N) is 4. The molecule has 2 aliphatic rings. The molecule has 4 rings (SSSR count). The van der Waals surface area contributed by atoms with Crippen molar-refractivity contribution in [1.29, 1.82) is 0 Å². The number of fused-ring (bicyclic) bond motifs is 1. The molecule has 0 radical (unpaired) electrons. The number of aliphatic imine (C=N–C) groups is 1. The van der Waals surface area contributed by atoms with E-state index in [2.05, 4.69) is 36.5 Å². The summed E-state index contributed by atoms with van der Waals surface area (Å²) in [5.74, 6) is 4.72. The largest absolute Gasteiger partial charge is 0.493 e. The molecule has 1 aliphatic carbocycles. The molecule has 1 aromatic carbocycles. The highest BCUT2D eigenvalue weighted by molar-refractivity contribution is 5.79. The summed E-state index contributed by atoms with van der Waals surface area (Å²) in [5, 5.41) is 15.6. The molecular weight excluding hydrogens is 364 g/mol. The molecule has 1 aliphatic heterocycles. The minimum atomic E-state index is 0.681. The monoisotopic (exact) mass is 396 g/mol. The van der Waals surface area contributed by atoms with Crippen molar-refractivity contribution >= 4 is 5.96 Å².